The molecule has 0 atom stereocenters. The van der Waals surface area contributed by atoms with E-state index in [0.717, 1.165) is 0 Å². The third kappa shape index (κ3) is 5.83. The van der Waals surface area contributed by atoms with Gasteiger partial charge in [-0.25, -0.2) is 0 Å². The molecule has 0 radical (unpaired) electrons. The molecule has 19 heteroatoms. The highest BCUT2D eigenvalue weighted by molar-refractivity contribution is 7.87. The normalized spacial score (nSPS) is 13.2. The highest BCUT2D eigenvalue weighted by Crippen LogP contribution is 2.43. The van der Waals surface area contributed by atoms with Crippen molar-refractivity contribution in [2.24, 2.45) is 0 Å². The highest BCUT2D eigenvalue weighted by atomic mass is 35.5. The van der Waals surface area contributed by atoms with E-state index in [2.05, 4.69) is 0 Å². The summed E-state index contributed by atoms with van der Waals surface area (Å²) in [4.78, 5) is -5.81. The minimum atomic E-state index is -5.40. The summed E-state index contributed by atoms with van der Waals surface area (Å²) in [6, 6.07) is 1.65. The molecule has 0 heterocycles. The first kappa shape index (κ1) is 25.7. The van der Waals surface area contributed by atoms with Gasteiger partial charge in [0.05, 0.1) is 0 Å². The molecule has 2 aromatic carbocycles. The van der Waals surface area contributed by atoms with Crippen molar-refractivity contribution in [2.75, 3.05) is 0 Å². The molecule has 0 saturated heterocycles. The molecule has 0 amide bonds. The second kappa shape index (κ2) is 8.10. The van der Waals surface area contributed by atoms with Crippen molar-refractivity contribution in [1.29, 1.82) is 0 Å². The zero-order valence-corrected chi connectivity index (χ0v) is 18.9. The lowest BCUT2D eigenvalue weighted by atomic mass is 10.3. The van der Waals surface area contributed by atoms with E-state index in [4.69, 9.17) is 27.9 Å². The van der Waals surface area contributed by atoms with Gasteiger partial charge in [-0.15, -0.1) is 0 Å². The second-order valence-corrected chi connectivity index (χ2v) is 11.9. The summed E-state index contributed by atoms with van der Waals surface area (Å²) in [5, 5.41) is -1.34. The van der Waals surface area contributed by atoms with Crippen LogP contribution in [0.15, 0.2) is 43.8 Å². The maximum Gasteiger partial charge on any atom is 0.298 e. The Kier molecular flexibility index (Phi) is 6.72. The van der Waals surface area contributed by atoms with E-state index in [0.29, 0.717) is 24.3 Å². The molecule has 0 unspecified atom stereocenters. The van der Waals surface area contributed by atoms with E-state index in [1.54, 1.807) is 0 Å². The molecular weight excluding hydrogens is 551 g/mol. The van der Waals surface area contributed by atoms with Gasteiger partial charge in [-0.2, -0.15) is 33.7 Å². The van der Waals surface area contributed by atoms with E-state index in [1.165, 1.54) is 0 Å². The molecule has 0 fully saturated rings. The van der Waals surface area contributed by atoms with E-state index < -0.39 is 81.6 Å². The van der Waals surface area contributed by atoms with Crippen LogP contribution in [0.4, 0.5) is 0 Å². The number of rotatable bonds is 6. The van der Waals surface area contributed by atoms with Crippen LogP contribution in [0.2, 0.25) is 10.0 Å². The first-order valence-corrected chi connectivity index (χ1v) is 13.5. The van der Waals surface area contributed by atoms with E-state index in [9.17, 15) is 51.9 Å². The molecule has 0 aliphatic heterocycles. The number of halogens is 2. The molecule has 0 saturated carbocycles. The predicted molar refractivity (Wildman–Crippen MR) is 102 cm³/mol. The summed E-state index contributed by atoms with van der Waals surface area (Å²) < 4.78 is 136. The monoisotopic (exact) mass is 558 g/mol. The van der Waals surface area contributed by atoms with Gasteiger partial charge in [-0.3, -0.25) is 18.2 Å². The molecule has 2 aromatic rings. The molecule has 0 spiro atoms. The highest BCUT2D eigenvalue weighted by Gasteiger charge is 2.33. The van der Waals surface area contributed by atoms with Gasteiger partial charge in [0, 0.05) is 10.0 Å². The zero-order valence-electron chi connectivity index (χ0n) is 14.2. The maximum absolute atomic E-state index is 11.7. The second-order valence-electron chi connectivity index (χ2n) is 5.46. The van der Waals surface area contributed by atoms with Crippen LogP contribution in [-0.2, 0) is 40.5 Å². The predicted octanol–water partition coefficient (Wildman–Crippen LogP) is 1.77. The zero-order chi connectivity index (χ0) is 24.2. The fourth-order valence-electron chi connectivity index (χ4n) is 2.16. The van der Waals surface area contributed by atoms with Crippen molar-refractivity contribution >= 4 is 63.7 Å². The minimum absolute atomic E-state index is 0.414. The maximum atomic E-state index is 11.7. The molecule has 2 rings (SSSR count). The number of benzene rings is 2. The van der Waals surface area contributed by atoms with Crippen molar-refractivity contribution in [1.82, 2.24) is 0 Å². The molecule has 172 valence electrons. The fourth-order valence-corrected chi connectivity index (χ4v) is 5.63. The number of ether oxygens (including phenoxy) is 1. The Balaban J connectivity index is 3.12. The van der Waals surface area contributed by atoms with Gasteiger partial charge in [-0.05, 0) is 24.3 Å². The first-order valence-electron chi connectivity index (χ1n) is 6.98. The Labute approximate surface area is 185 Å². The van der Waals surface area contributed by atoms with Crippen molar-refractivity contribution in [3.63, 3.8) is 0 Å². The third-order valence-corrected chi connectivity index (χ3v) is 7.16. The van der Waals surface area contributed by atoms with Crippen LogP contribution < -0.4 is 4.74 Å². The van der Waals surface area contributed by atoms with Crippen LogP contribution in [0, 0.1) is 0 Å². The molecule has 0 aliphatic rings. The van der Waals surface area contributed by atoms with Crippen LogP contribution in [0.1, 0.15) is 0 Å². The average Bonchev–Trinajstić information content (AvgIpc) is 2.53. The number of hydrogen-bond acceptors (Lipinski definition) is 9. The molecule has 0 bridgehead atoms. The Bertz CT molecular complexity index is 1290. The largest absolute Gasteiger partial charge is 0.451 e. The first-order chi connectivity index (χ1) is 13.7. The molecule has 31 heavy (non-hydrogen) atoms. The Morgan fingerprint density at radius 2 is 0.710 bits per heavy atom. The Morgan fingerprint density at radius 1 is 0.516 bits per heavy atom. The van der Waals surface area contributed by atoms with Gasteiger partial charge in [-0.1, -0.05) is 23.2 Å². The van der Waals surface area contributed by atoms with Crippen molar-refractivity contribution < 1.29 is 56.6 Å². The molecule has 0 aromatic heterocycles. The van der Waals surface area contributed by atoms with Crippen LogP contribution >= 0.6 is 23.2 Å². The van der Waals surface area contributed by atoms with Crippen LogP contribution in [-0.4, -0.2) is 51.9 Å². The van der Waals surface area contributed by atoms with Gasteiger partial charge in [0.15, 0.2) is 11.5 Å². The van der Waals surface area contributed by atoms with Crippen LogP contribution in [0.3, 0.4) is 0 Å². The smallest absolute Gasteiger partial charge is 0.298 e. The lowest BCUT2D eigenvalue weighted by Gasteiger charge is -2.17. The van der Waals surface area contributed by atoms with Crippen molar-refractivity contribution in [3.05, 3.63) is 34.3 Å². The molecule has 13 nitrogen and oxygen atoms in total. The van der Waals surface area contributed by atoms with Crippen molar-refractivity contribution in [2.45, 2.75) is 19.6 Å². The lowest BCUT2D eigenvalue weighted by Crippen LogP contribution is -2.12. The lowest BCUT2D eigenvalue weighted by molar-refractivity contribution is 0.405. The summed E-state index contributed by atoms with van der Waals surface area (Å²) >= 11 is 11.1. The third-order valence-electron chi connectivity index (χ3n) is 3.29. The van der Waals surface area contributed by atoms with E-state index in [1.807, 2.05) is 0 Å². The van der Waals surface area contributed by atoms with E-state index in [-0.39, 0.29) is 0 Å². The van der Waals surface area contributed by atoms with E-state index >= 15 is 0 Å². The van der Waals surface area contributed by atoms with Gasteiger partial charge < -0.3 is 4.74 Å². The SMILES string of the molecule is O=S(=O)(O)c1cc(Cl)cc(S(=O)(=O)O)c1Oc1c(S(=O)(=O)O)cc(Cl)cc1S(=O)(=O)O. The Morgan fingerprint density at radius 3 is 0.871 bits per heavy atom. The molecule has 4 N–H and O–H groups in total. The minimum Gasteiger partial charge on any atom is -0.451 e. The quantitative estimate of drug-likeness (QED) is 0.371. The van der Waals surface area contributed by atoms with Gasteiger partial charge in [0.1, 0.15) is 19.6 Å². The van der Waals surface area contributed by atoms with Gasteiger partial charge in [0.25, 0.3) is 40.5 Å². The summed E-state index contributed by atoms with van der Waals surface area (Å²) in [6.45, 7) is 0. The summed E-state index contributed by atoms with van der Waals surface area (Å²) in [6.07, 6.45) is 0. The summed E-state index contributed by atoms with van der Waals surface area (Å²) in [7, 11) is -21.6. The van der Waals surface area contributed by atoms with Gasteiger partial charge >= 0.3 is 0 Å². The molecule has 0 aliphatic carbocycles. The molecular formula is C12H8Cl2O13S4. The topological polar surface area (TPSA) is 227 Å². The standard InChI is InChI=1S/C12H8Cl2O13S4/c13-5-1-7(28(15,16)17)11(8(2-5)29(18,19)20)27-12-9(30(21,22)23)3-6(14)4-10(12)31(24,25)26/h1-4H,(H,15,16,17)(H,18,19,20)(H,21,22,23)(H,24,25,26). The van der Waals surface area contributed by atoms with Gasteiger partial charge in [0.2, 0.25) is 0 Å². The fraction of sp³-hybridized carbons (Fsp3) is 0. The summed E-state index contributed by atoms with van der Waals surface area (Å²) in [5.74, 6) is -3.04. The summed E-state index contributed by atoms with van der Waals surface area (Å²) in [5.41, 5.74) is 0. The van der Waals surface area contributed by atoms with Crippen LogP contribution in [0.5, 0.6) is 11.5 Å². The average molecular weight is 559 g/mol. The van der Waals surface area contributed by atoms with Crippen molar-refractivity contribution in [3.8, 4) is 11.5 Å². The Hall–Kier alpha value is -1.54. The van der Waals surface area contributed by atoms with Crippen LogP contribution in [0.25, 0.3) is 0 Å². The number of hydrogen-bond donors (Lipinski definition) is 4.